The van der Waals surface area contributed by atoms with Gasteiger partial charge in [0.25, 0.3) is 5.92 Å². The first kappa shape index (κ1) is 20.3. The van der Waals surface area contributed by atoms with Crippen LogP contribution in [-0.4, -0.2) is 36.7 Å². The monoisotopic (exact) mass is 415 g/mol. The summed E-state index contributed by atoms with van der Waals surface area (Å²) in [6, 6.07) is 0. The second kappa shape index (κ2) is 7.05. The molecule has 2 aromatic rings. The van der Waals surface area contributed by atoms with Crippen LogP contribution in [0.4, 0.5) is 17.6 Å². The minimum absolute atomic E-state index is 0.0215. The molecule has 0 aliphatic heterocycles. The van der Waals surface area contributed by atoms with E-state index in [1.165, 1.54) is 4.80 Å². The van der Waals surface area contributed by atoms with E-state index in [0.29, 0.717) is 13.1 Å². The van der Waals surface area contributed by atoms with Gasteiger partial charge in [-0.25, -0.2) is 17.6 Å². The van der Waals surface area contributed by atoms with E-state index in [4.69, 9.17) is 0 Å². The zero-order valence-corrected chi connectivity index (χ0v) is 16.9. The van der Waals surface area contributed by atoms with E-state index in [0.717, 1.165) is 11.4 Å². The van der Waals surface area contributed by atoms with Gasteiger partial charge in [-0.2, -0.15) is 19.7 Å². The van der Waals surface area contributed by atoms with Gasteiger partial charge < -0.3 is 0 Å². The number of alkyl halides is 4. The molecule has 2 aromatic heterocycles. The molecule has 0 radical (unpaired) electrons. The number of aromatic nitrogens is 6. The normalized spacial score (nSPS) is 23.9. The number of nitrogens with zero attached hydrogens (tertiary/aromatic N) is 6. The van der Waals surface area contributed by atoms with Crippen LogP contribution in [-0.2, 0) is 19.6 Å². The molecule has 160 valence electrons. The summed E-state index contributed by atoms with van der Waals surface area (Å²) < 4.78 is 54.6. The number of rotatable bonds is 8. The van der Waals surface area contributed by atoms with Gasteiger partial charge in [0.05, 0.1) is 24.4 Å². The first-order valence-corrected chi connectivity index (χ1v) is 10.2. The third-order valence-electron chi connectivity index (χ3n) is 5.86. The van der Waals surface area contributed by atoms with Crippen molar-refractivity contribution in [3.63, 3.8) is 0 Å². The predicted octanol–water partition coefficient (Wildman–Crippen LogP) is 3.39. The Kier molecular flexibility index (Phi) is 4.93. The first-order chi connectivity index (χ1) is 13.5. The van der Waals surface area contributed by atoms with Gasteiger partial charge in [-0.3, -0.25) is 0 Å². The van der Waals surface area contributed by atoms with Crippen LogP contribution in [0.15, 0.2) is 12.4 Å². The standard InChI is InChI=1S/C19H27F4N6/c1-12(2)17-11-27(29(26-17)10-15-6-19(15,22)23)8-13(3)16-7-24-28(25-16)9-14-4-18(20,21)5-14/h7,11-15H,4-6,8-10H2,1-3H3/q+1. The molecule has 0 spiro atoms. The molecule has 6 nitrogen and oxygen atoms in total. The molecule has 2 unspecified atom stereocenters. The molecule has 29 heavy (non-hydrogen) atoms. The van der Waals surface area contributed by atoms with E-state index in [1.54, 1.807) is 11.0 Å². The van der Waals surface area contributed by atoms with Crippen LogP contribution in [0, 0.1) is 11.8 Å². The molecule has 2 fully saturated rings. The van der Waals surface area contributed by atoms with Crippen molar-refractivity contribution in [1.29, 1.82) is 0 Å². The summed E-state index contributed by atoms with van der Waals surface area (Å²) in [5, 5.41) is 13.2. The molecule has 4 rings (SSSR count). The van der Waals surface area contributed by atoms with Crippen LogP contribution < -0.4 is 4.68 Å². The third-order valence-corrected chi connectivity index (χ3v) is 5.86. The van der Waals surface area contributed by atoms with Crippen molar-refractivity contribution in [2.24, 2.45) is 11.8 Å². The van der Waals surface area contributed by atoms with E-state index >= 15 is 0 Å². The molecule has 10 heteroatoms. The Hall–Kier alpha value is -2.00. The highest BCUT2D eigenvalue weighted by molar-refractivity contribution is 5.00. The van der Waals surface area contributed by atoms with Gasteiger partial charge in [0.2, 0.25) is 11.6 Å². The number of hydrogen-bond donors (Lipinski definition) is 0. The first-order valence-electron chi connectivity index (χ1n) is 10.2. The Labute approximate surface area is 166 Å². The Morgan fingerprint density at radius 2 is 1.76 bits per heavy atom. The maximum atomic E-state index is 13.4. The molecular weight excluding hydrogens is 388 g/mol. The van der Waals surface area contributed by atoms with Crippen molar-refractivity contribution in [3.8, 4) is 0 Å². The SMILES string of the molecule is CC(C)c1c[n+](CC(C)c2cnn(CC3CC(F)(F)C3)n2)n(CC2CC2(F)F)n1. The van der Waals surface area contributed by atoms with Gasteiger partial charge in [0, 0.05) is 36.2 Å². The summed E-state index contributed by atoms with van der Waals surface area (Å²) >= 11 is 0. The van der Waals surface area contributed by atoms with Gasteiger partial charge in [-0.05, 0) is 10.7 Å². The quantitative estimate of drug-likeness (QED) is 0.491. The van der Waals surface area contributed by atoms with Crippen molar-refractivity contribution in [2.75, 3.05) is 0 Å². The fourth-order valence-electron chi connectivity index (χ4n) is 3.80. The van der Waals surface area contributed by atoms with Crippen LogP contribution in [0.5, 0.6) is 0 Å². The second-order valence-electron chi connectivity index (χ2n) is 9.00. The summed E-state index contributed by atoms with van der Waals surface area (Å²) in [6.07, 6.45) is 3.24. The summed E-state index contributed by atoms with van der Waals surface area (Å²) in [5.74, 6) is -5.72. The summed E-state index contributed by atoms with van der Waals surface area (Å²) in [6.45, 7) is 7.12. The van der Waals surface area contributed by atoms with E-state index in [2.05, 4.69) is 15.3 Å². The topological polar surface area (TPSA) is 52.4 Å². The van der Waals surface area contributed by atoms with Crippen LogP contribution in [0.25, 0.3) is 0 Å². The average Bonchev–Trinajstić information content (AvgIpc) is 2.95. The van der Waals surface area contributed by atoms with Gasteiger partial charge in [0.15, 0.2) is 6.20 Å². The van der Waals surface area contributed by atoms with Crippen molar-refractivity contribution in [2.45, 2.75) is 83.3 Å². The van der Waals surface area contributed by atoms with E-state index < -0.39 is 17.8 Å². The summed E-state index contributed by atoms with van der Waals surface area (Å²) in [7, 11) is 0. The molecule has 0 saturated heterocycles. The van der Waals surface area contributed by atoms with Gasteiger partial charge in [-0.1, -0.05) is 20.8 Å². The average molecular weight is 415 g/mol. The van der Waals surface area contributed by atoms with Crippen molar-refractivity contribution in [3.05, 3.63) is 23.8 Å². The van der Waals surface area contributed by atoms with Gasteiger partial charge in [0.1, 0.15) is 13.1 Å². The molecule has 2 heterocycles. The van der Waals surface area contributed by atoms with Crippen LogP contribution in [0.3, 0.4) is 0 Å². The molecule has 0 amide bonds. The number of hydrogen-bond acceptors (Lipinski definition) is 3. The smallest absolute Gasteiger partial charge is 0.207 e. The lowest BCUT2D eigenvalue weighted by molar-refractivity contribution is -0.782. The summed E-state index contributed by atoms with van der Waals surface area (Å²) in [4.78, 5) is 3.12. The zero-order chi connectivity index (χ0) is 21.0. The molecular formula is C19H27F4N6+. The highest BCUT2D eigenvalue weighted by Gasteiger charge is 2.58. The molecule has 2 aliphatic rings. The van der Waals surface area contributed by atoms with Crippen LogP contribution in [0.2, 0.25) is 0 Å². The Morgan fingerprint density at radius 3 is 2.34 bits per heavy atom. The lowest BCUT2D eigenvalue weighted by Crippen LogP contribution is -2.45. The van der Waals surface area contributed by atoms with Crippen molar-refractivity contribution in [1.82, 2.24) is 24.9 Å². The predicted molar refractivity (Wildman–Crippen MR) is 95.7 cm³/mol. The van der Waals surface area contributed by atoms with Crippen LogP contribution >= 0.6 is 0 Å². The largest absolute Gasteiger partial charge is 0.253 e. The van der Waals surface area contributed by atoms with Gasteiger partial charge >= 0.3 is 0 Å². The molecule has 2 aliphatic carbocycles. The maximum absolute atomic E-state index is 13.4. The summed E-state index contributed by atoms with van der Waals surface area (Å²) in [5.41, 5.74) is 1.61. The highest BCUT2D eigenvalue weighted by atomic mass is 19.3. The van der Waals surface area contributed by atoms with Crippen molar-refractivity contribution >= 4 is 0 Å². The Bertz CT molecular complexity index is 866. The third kappa shape index (κ3) is 4.45. The van der Waals surface area contributed by atoms with Crippen LogP contribution in [0.1, 0.15) is 63.3 Å². The zero-order valence-electron chi connectivity index (χ0n) is 16.9. The molecule has 0 bridgehead atoms. The fraction of sp³-hybridized carbons (Fsp3) is 0.789. The Balaban J connectivity index is 1.42. The lowest BCUT2D eigenvalue weighted by Gasteiger charge is -2.34. The fourth-order valence-corrected chi connectivity index (χ4v) is 3.80. The lowest BCUT2D eigenvalue weighted by atomic mass is 9.81. The van der Waals surface area contributed by atoms with Gasteiger partial charge in [-0.15, -0.1) is 0 Å². The second-order valence-corrected chi connectivity index (χ2v) is 9.00. The van der Waals surface area contributed by atoms with E-state index in [-0.39, 0.29) is 43.6 Å². The van der Waals surface area contributed by atoms with E-state index in [1.807, 2.05) is 31.6 Å². The van der Waals surface area contributed by atoms with E-state index in [9.17, 15) is 17.6 Å². The minimum Gasteiger partial charge on any atom is -0.207 e. The molecule has 0 aromatic carbocycles. The van der Waals surface area contributed by atoms with Crippen molar-refractivity contribution < 1.29 is 22.2 Å². The maximum Gasteiger partial charge on any atom is 0.253 e. The highest BCUT2D eigenvalue weighted by Crippen LogP contribution is 2.49. The minimum atomic E-state index is -2.59. The number of halogens is 4. The molecule has 2 atom stereocenters. The molecule has 0 N–H and O–H groups in total. The Morgan fingerprint density at radius 1 is 1.07 bits per heavy atom. The molecule has 2 saturated carbocycles.